The number of halogens is 1. The maximum atomic E-state index is 12.4. The van der Waals surface area contributed by atoms with E-state index >= 15 is 0 Å². The molecule has 0 aliphatic carbocycles. The Balaban J connectivity index is 2.19. The van der Waals surface area contributed by atoms with Crippen molar-refractivity contribution in [2.45, 2.75) is 12.2 Å². The first-order valence-corrected chi connectivity index (χ1v) is 8.79. The molecule has 1 amide bonds. The normalized spacial score (nSPS) is 10.2. The summed E-state index contributed by atoms with van der Waals surface area (Å²) in [6.45, 7) is 1.56. The number of anilines is 1. The second kappa shape index (κ2) is 7.41. The molecule has 2 aromatic carbocycles. The Labute approximate surface area is 134 Å². The van der Waals surface area contributed by atoms with Crippen LogP contribution in [0.2, 0.25) is 10.3 Å². The van der Waals surface area contributed by atoms with Crippen molar-refractivity contribution < 1.29 is 9.59 Å². The fourth-order valence-corrected chi connectivity index (χ4v) is 3.68. The molecule has 0 fully saturated rings. The van der Waals surface area contributed by atoms with Crippen molar-refractivity contribution in [3.05, 3.63) is 59.1 Å². The predicted molar refractivity (Wildman–Crippen MR) is 86.7 cm³/mol. The average molecular weight is 367 g/mol. The molecule has 21 heavy (non-hydrogen) atoms. The molecule has 5 heteroatoms. The first-order chi connectivity index (χ1) is 10.1. The van der Waals surface area contributed by atoms with Gasteiger partial charge in [0.2, 0.25) is 0 Å². The van der Waals surface area contributed by atoms with E-state index in [9.17, 15) is 9.59 Å². The molecule has 0 heterocycles. The van der Waals surface area contributed by atoms with Crippen LogP contribution in [0.5, 0.6) is 0 Å². The average Bonchev–Trinajstić information content (AvgIpc) is 2.47. The van der Waals surface area contributed by atoms with Gasteiger partial charge in [-0.1, -0.05) is 0 Å². The van der Waals surface area contributed by atoms with Gasteiger partial charge in [-0.25, -0.2) is 0 Å². The summed E-state index contributed by atoms with van der Waals surface area (Å²) in [6, 6.07) is 14.5. The summed E-state index contributed by atoms with van der Waals surface area (Å²) in [7, 11) is 0. The zero-order valence-electron chi connectivity index (χ0n) is 11.4. The first-order valence-electron chi connectivity index (χ1n) is 6.35. The van der Waals surface area contributed by atoms with Crippen LogP contribution in [-0.4, -0.2) is 26.6 Å². The Hall–Kier alpha value is -1.61. The molecule has 0 aliphatic rings. The van der Waals surface area contributed by atoms with Crippen molar-refractivity contribution in [2.24, 2.45) is 0 Å². The fraction of sp³-hybridized carbons (Fsp3) is 0.125. The molecule has 0 bridgehead atoms. The first kappa shape index (κ1) is 15.8. The number of hydrogen-bond acceptors (Lipinski definition) is 2. The molecule has 3 nitrogen and oxygen atoms in total. The van der Waals surface area contributed by atoms with Crippen LogP contribution >= 0.6 is 11.6 Å². The van der Waals surface area contributed by atoms with Crippen LogP contribution < -0.4 is 9.78 Å². The quantitative estimate of drug-likeness (QED) is 0.827. The number of carbonyl (C=O) groups is 2. The number of amides is 1. The Bertz CT molecular complexity index is 673. The summed E-state index contributed by atoms with van der Waals surface area (Å²) in [4.78, 5) is 23.5. The van der Waals surface area contributed by atoms with Crippen LogP contribution in [0.3, 0.4) is 0 Å². The van der Waals surface area contributed by atoms with Crippen LogP contribution in [0.1, 0.15) is 17.3 Å². The maximum absolute atomic E-state index is 12.4. The molecule has 2 rings (SSSR count). The van der Waals surface area contributed by atoms with E-state index in [1.54, 1.807) is 25.1 Å². The van der Waals surface area contributed by atoms with Crippen LogP contribution in [0.4, 0.5) is 5.69 Å². The molecular weight excluding hydrogens is 353 g/mol. The molecule has 108 valence electrons. The van der Waals surface area contributed by atoms with Gasteiger partial charge in [0, 0.05) is 0 Å². The number of ketones is 1. The van der Waals surface area contributed by atoms with Crippen LogP contribution in [-0.2, 0) is 4.79 Å². The molecule has 0 unspecified atom stereocenters. The third kappa shape index (κ3) is 4.43. The summed E-state index contributed by atoms with van der Waals surface area (Å²) >= 11 is 6.00. The summed E-state index contributed by atoms with van der Waals surface area (Å²) in [5.41, 5.74) is 1.18. The van der Waals surface area contributed by atoms with Gasteiger partial charge in [0.1, 0.15) is 0 Å². The Kier molecular flexibility index (Phi) is 5.57. The van der Waals surface area contributed by atoms with Gasteiger partial charge >= 0.3 is 135 Å². The van der Waals surface area contributed by atoms with Crippen LogP contribution in [0.25, 0.3) is 0 Å². The van der Waals surface area contributed by atoms with Gasteiger partial charge in [0.25, 0.3) is 0 Å². The zero-order valence-corrected chi connectivity index (χ0v) is 13.9. The van der Waals surface area contributed by atoms with E-state index in [1.165, 1.54) is 0 Å². The number of Topliss-reactive ketones (excluding diaryl/α,β-unsaturated/α-hetero) is 1. The van der Waals surface area contributed by atoms with E-state index in [2.05, 4.69) is 5.32 Å². The number of hydrogen-bond donors (Lipinski definition) is 1. The van der Waals surface area contributed by atoms with E-state index < -0.39 is 0 Å². The monoisotopic (exact) mass is 367 g/mol. The summed E-state index contributed by atoms with van der Waals surface area (Å²) < 4.78 is 0.921. The van der Waals surface area contributed by atoms with Gasteiger partial charge in [-0.15, -0.1) is 0 Å². The van der Waals surface area contributed by atoms with Crippen molar-refractivity contribution in [1.29, 1.82) is 0 Å². The molecule has 0 spiro atoms. The Morgan fingerprint density at radius 3 is 2.48 bits per heavy atom. The third-order valence-electron chi connectivity index (χ3n) is 2.68. The van der Waals surface area contributed by atoms with E-state index in [0.717, 1.165) is 4.46 Å². The molecule has 0 radical (unpaired) electrons. The summed E-state index contributed by atoms with van der Waals surface area (Å²) in [5, 5.41) is 3.80. The topological polar surface area (TPSA) is 46.2 Å². The van der Waals surface area contributed by atoms with Crippen LogP contribution in [0.15, 0.2) is 48.5 Å². The second-order valence-electron chi connectivity index (χ2n) is 4.42. The van der Waals surface area contributed by atoms with Crippen molar-refractivity contribution in [2.75, 3.05) is 5.32 Å². The minimum absolute atomic E-state index is 0.0414. The second-order valence-corrected chi connectivity index (χ2v) is 6.96. The molecule has 0 saturated heterocycles. The molecule has 0 saturated carbocycles. The van der Waals surface area contributed by atoms with Crippen molar-refractivity contribution in [3.8, 4) is 0 Å². The van der Waals surface area contributed by atoms with Crippen molar-refractivity contribution in [3.63, 3.8) is 0 Å². The van der Waals surface area contributed by atoms with E-state index in [-0.39, 0.29) is 26.6 Å². The SMILES string of the molecule is CC(=O)C[Se]c1ccccc1C(=O)Nc1ccccc1Cl. The van der Waals surface area contributed by atoms with E-state index in [0.29, 0.717) is 21.6 Å². The predicted octanol–water partition coefficient (Wildman–Crippen LogP) is 2.93. The van der Waals surface area contributed by atoms with Crippen molar-refractivity contribution in [1.82, 2.24) is 0 Å². The fourth-order valence-electron chi connectivity index (χ4n) is 1.71. The van der Waals surface area contributed by atoms with Gasteiger partial charge in [0.05, 0.1) is 0 Å². The summed E-state index contributed by atoms with van der Waals surface area (Å²) in [5.74, 6) is -0.0690. The Morgan fingerprint density at radius 1 is 1.10 bits per heavy atom. The van der Waals surface area contributed by atoms with E-state index in [1.807, 2.05) is 30.3 Å². The number of rotatable bonds is 5. The number of carbonyl (C=O) groups excluding carboxylic acids is 2. The van der Waals surface area contributed by atoms with Gasteiger partial charge in [0.15, 0.2) is 0 Å². The molecular formula is C16H14ClNO2Se. The van der Waals surface area contributed by atoms with Gasteiger partial charge < -0.3 is 0 Å². The standard InChI is InChI=1S/C16H14ClNO2Se/c1-11(19)10-21-15-9-5-2-6-12(15)16(20)18-14-8-4-3-7-13(14)17/h2-9H,10H2,1H3,(H,18,20). The zero-order chi connectivity index (χ0) is 15.2. The molecule has 1 N–H and O–H groups in total. The number of benzene rings is 2. The minimum atomic E-state index is -0.205. The Morgan fingerprint density at radius 2 is 1.76 bits per heavy atom. The summed E-state index contributed by atoms with van der Waals surface area (Å²) in [6.07, 6.45) is 0. The molecule has 0 aromatic heterocycles. The molecule has 0 atom stereocenters. The molecule has 2 aromatic rings. The van der Waals surface area contributed by atoms with Gasteiger partial charge in [-0.05, 0) is 0 Å². The molecule has 0 aliphatic heterocycles. The van der Waals surface area contributed by atoms with E-state index in [4.69, 9.17) is 11.6 Å². The number of para-hydroxylation sites is 1. The third-order valence-corrected chi connectivity index (χ3v) is 5.57. The van der Waals surface area contributed by atoms with Crippen LogP contribution in [0, 0.1) is 0 Å². The number of nitrogens with one attached hydrogen (secondary N) is 1. The van der Waals surface area contributed by atoms with Gasteiger partial charge in [-0.2, -0.15) is 0 Å². The van der Waals surface area contributed by atoms with Gasteiger partial charge in [-0.3, -0.25) is 0 Å². The van der Waals surface area contributed by atoms with Crippen molar-refractivity contribution >= 4 is 48.4 Å².